The van der Waals surface area contributed by atoms with Crippen LogP contribution in [0, 0.1) is 0 Å². The van der Waals surface area contributed by atoms with Crippen LogP contribution in [0.3, 0.4) is 0 Å². The summed E-state index contributed by atoms with van der Waals surface area (Å²) in [4.78, 5) is 4.98. The van der Waals surface area contributed by atoms with E-state index in [1.54, 1.807) is 0 Å². The molecule has 1 heterocycles. The van der Waals surface area contributed by atoms with Crippen molar-refractivity contribution in [1.29, 1.82) is 0 Å². The fourth-order valence-corrected chi connectivity index (χ4v) is 4.40. The van der Waals surface area contributed by atoms with Gasteiger partial charge in [0.1, 0.15) is 5.82 Å². The average Bonchev–Trinajstić information content (AvgIpc) is 3.30. The van der Waals surface area contributed by atoms with E-state index < -0.39 is 0 Å². The van der Waals surface area contributed by atoms with Crippen molar-refractivity contribution in [2.45, 2.75) is 0 Å². The van der Waals surface area contributed by atoms with Crippen LogP contribution < -0.4 is 0 Å². The second-order valence-corrected chi connectivity index (χ2v) is 8.12. The number of nitrogens with zero attached hydrogens (tertiary/aromatic N) is 2. The minimum atomic E-state index is 0.951. The number of aromatic nitrogens is 2. The molecule has 33 heavy (non-hydrogen) atoms. The highest BCUT2D eigenvalue weighted by atomic mass is 15.1. The first-order chi connectivity index (χ1) is 16.4. The molecule has 6 rings (SSSR count). The van der Waals surface area contributed by atoms with E-state index in [2.05, 4.69) is 126 Å². The molecular formula is C31H22N2. The van der Waals surface area contributed by atoms with Crippen LogP contribution >= 0.6 is 0 Å². The van der Waals surface area contributed by atoms with Gasteiger partial charge in [-0.15, -0.1) is 0 Å². The fourth-order valence-electron chi connectivity index (χ4n) is 4.40. The van der Waals surface area contributed by atoms with Gasteiger partial charge in [0, 0.05) is 11.3 Å². The Balaban J connectivity index is 1.50. The molecule has 0 radical (unpaired) electrons. The molecule has 0 aliphatic rings. The number of benzene rings is 5. The summed E-state index contributed by atoms with van der Waals surface area (Å²) in [7, 11) is 0. The summed E-state index contributed by atoms with van der Waals surface area (Å²) in [6, 6.07) is 46.7. The molecule has 0 aliphatic heterocycles. The van der Waals surface area contributed by atoms with Gasteiger partial charge in [0.2, 0.25) is 0 Å². The van der Waals surface area contributed by atoms with Gasteiger partial charge in [0.15, 0.2) is 0 Å². The lowest BCUT2D eigenvalue weighted by atomic mass is 9.99. The first-order valence-corrected chi connectivity index (χ1v) is 11.2. The topological polar surface area (TPSA) is 17.8 Å². The molecule has 0 fully saturated rings. The zero-order valence-electron chi connectivity index (χ0n) is 18.1. The molecule has 0 amide bonds. The molecule has 1 aromatic heterocycles. The van der Waals surface area contributed by atoms with Crippen LogP contribution in [0.4, 0.5) is 0 Å². The third kappa shape index (κ3) is 3.62. The zero-order chi connectivity index (χ0) is 22.0. The van der Waals surface area contributed by atoms with Crippen LogP contribution in [0.5, 0.6) is 0 Å². The second kappa shape index (κ2) is 8.25. The number of hydrogen-bond acceptors (Lipinski definition) is 1. The molecule has 5 aromatic carbocycles. The molecule has 0 unspecified atom stereocenters. The molecule has 0 saturated heterocycles. The van der Waals surface area contributed by atoms with E-state index in [4.69, 9.17) is 4.98 Å². The van der Waals surface area contributed by atoms with Crippen LogP contribution in [0.15, 0.2) is 133 Å². The highest BCUT2D eigenvalue weighted by molar-refractivity contribution is 5.84. The van der Waals surface area contributed by atoms with Crippen molar-refractivity contribution in [1.82, 2.24) is 9.55 Å². The molecule has 0 spiro atoms. The molecule has 156 valence electrons. The van der Waals surface area contributed by atoms with Crippen LogP contribution in [-0.2, 0) is 0 Å². The minimum absolute atomic E-state index is 0.951. The quantitative estimate of drug-likeness (QED) is 0.281. The number of para-hydroxylation sites is 2. The second-order valence-electron chi connectivity index (χ2n) is 8.12. The van der Waals surface area contributed by atoms with Crippen molar-refractivity contribution in [3.63, 3.8) is 0 Å². The van der Waals surface area contributed by atoms with Gasteiger partial charge in [-0.25, -0.2) is 4.98 Å². The van der Waals surface area contributed by atoms with Gasteiger partial charge >= 0.3 is 0 Å². The van der Waals surface area contributed by atoms with Crippen molar-refractivity contribution >= 4 is 11.0 Å². The van der Waals surface area contributed by atoms with E-state index in [9.17, 15) is 0 Å². The Morgan fingerprint density at radius 2 is 0.970 bits per heavy atom. The van der Waals surface area contributed by atoms with E-state index >= 15 is 0 Å². The highest BCUT2D eigenvalue weighted by Gasteiger charge is 2.14. The van der Waals surface area contributed by atoms with Gasteiger partial charge in [-0.2, -0.15) is 0 Å². The SMILES string of the molecule is c1ccc(-c2cccc(-c3cccc(-n4c(-c5ccccc5)nc5ccccc54)c3)c2)cc1. The maximum Gasteiger partial charge on any atom is 0.145 e. The van der Waals surface area contributed by atoms with Gasteiger partial charge in [-0.3, -0.25) is 4.57 Å². The lowest BCUT2D eigenvalue weighted by Crippen LogP contribution is -1.98. The van der Waals surface area contributed by atoms with E-state index in [1.165, 1.54) is 22.3 Å². The van der Waals surface area contributed by atoms with Crippen LogP contribution in [0.25, 0.3) is 50.4 Å². The predicted octanol–water partition coefficient (Wildman–Crippen LogP) is 8.03. The summed E-state index contributed by atoms with van der Waals surface area (Å²) in [5.74, 6) is 0.951. The van der Waals surface area contributed by atoms with E-state index in [0.717, 1.165) is 28.1 Å². The maximum atomic E-state index is 4.98. The number of hydrogen-bond donors (Lipinski definition) is 0. The first-order valence-electron chi connectivity index (χ1n) is 11.2. The molecule has 0 N–H and O–H groups in total. The summed E-state index contributed by atoms with van der Waals surface area (Å²) in [6.07, 6.45) is 0. The lowest BCUT2D eigenvalue weighted by Gasteiger charge is -2.12. The highest BCUT2D eigenvalue weighted by Crippen LogP contribution is 2.32. The van der Waals surface area contributed by atoms with Gasteiger partial charge in [-0.1, -0.05) is 103 Å². The Morgan fingerprint density at radius 1 is 0.424 bits per heavy atom. The van der Waals surface area contributed by atoms with E-state index in [-0.39, 0.29) is 0 Å². The van der Waals surface area contributed by atoms with Gasteiger partial charge in [-0.05, 0) is 52.6 Å². The van der Waals surface area contributed by atoms with Crippen LogP contribution in [0.2, 0.25) is 0 Å². The molecular weight excluding hydrogens is 400 g/mol. The van der Waals surface area contributed by atoms with Gasteiger partial charge < -0.3 is 0 Å². The predicted molar refractivity (Wildman–Crippen MR) is 137 cm³/mol. The third-order valence-corrected chi connectivity index (χ3v) is 6.00. The third-order valence-electron chi connectivity index (χ3n) is 6.00. The average molecular weight is 423 g/mol. The van der Waals surface area contributed by atoms with E-state index in [0.29, 0.717) is 0 Å². The largest absolute Gasteiger partial charge is 0.292 e. The molecule has 2 nitrogen and oxygen atoms in total. The summed E-state index contributed by atoms with van der Waals surface area (Å²) in [5.41, 5.74) is 9.12. The fraction of sp³-hybridized carbons (Fsp3) is 0. The standard InChI is InChI=1S/C31H22N2/c1-3-11-23(12-4-1)25-15-9-16-26(21-25)27-17-10-18-28(22-27)33-30-20-8-7-19-29(30)32-31(33)24-13-5-2-6-14-24/h1-22H. The smallest absolute Gasteiger partial charge is 0.145 e. The Labute approximate surface area is 193 Å². The van der Waals surface area contributed by atoms with Crippen molar-refractivity contribution < 1.29 is 0 Å². The van der Waals surface area contributed by atoms with Crippen molar-refractivity contribution in [3.05, 3.63) is 133 Å². The summed E-state index contributed by atoms with van der Waals surface area (Å²) in [5, 5.41) is 0. The molecule has 0 bridgehead atoms. The first kappa shape index (κ1) is 19.3. The van der Waals surface area contributed by atoms with Gasteiger partial charge in [0.25, 0.3) is 0 Å². The van der Waals surface area contributed by atoms with E-state index in [1.807, 2.05) is 12.1 Å². The molecule has 6 aromatic rings. The van der Waals surface area contributed by atoms with Gasteiger partial charge in [0.05, 0.1) is 11.0 Å². The molecule has 2 heteroatoms. The lowest BCUT2D eigenvalue weighted by molar-refractivity contribution is 1.10. The summed E-state index contributed by atoms with van der Waals surface area (Å²) < 4.78 is 2.26. The maximum absolute atomic E-state index is 4.98. The molecule has 0 atom stereocenters. The number of fused-ring (bicyclic) bond motifs is 1. The van der Waals surface area contributed by atoms with Crippen molar-refractivity contribution in [2.24, 2.45) is 0 Å². The number of rotatable bonds is 4. The number of imidazole rings is 1. The zero-order valence-corrected chi connectivity index (χ0v) is 18.1. The summed E-state index contributed by atoms with van der Waals surface area (Å²) in [6.45, 7) is 0. The Morgan fingerprint density at radius 3 is 1.73 bits per heavy atom. The molecule has 0 saturated carbocycles. The molecule has 0 aliphatic carbocycles. The monoisotopic (exact) mass is 422 g/mol. The van der Waals surface area contributed by atoms with Crippen molar-refractivity contribution in [2.75, 3.05) is 0 Å². The van der Waals surface area contributed by atoms with Crippen LogP contribution in [-0.4, -0.2) is 9.55 Å². The Kier molecular flexibility index (Phi) is 4.82. The Hall–Kier alpha value is -4.43. The minimum Gasteiger partial charge on any atom is -0.292 e. The Bertz CT molecular complexity index is 1550. The normalized spacial score (nSPS) is 11.0. The summed E-state index contributed by atoms with van der Waals surface area (Å²) >= 11 is 0. The van der Waals surface area contributed by atoms with Crippen LogP contribution in [0.1, 0.15) is 0 Å². The van der Waals surface area contributed by atoms with Crippen molar-refractivity contribution in [3.8, 4) is 39.3 Å².